The van der Waals surface area contributed by atoms with Gasteiger partial charge < -0.3 is 15.2 Å². The van der Waals surface area contributed by atoms with Gasteiger partial charge >= 0.3 is 12.0 Å². The Morgan fingerprint density at radius 2 is 2.00 bits per heavy atom. The molecule has 1 unspecified atom stereocenters. The molecule has 1 fully saturated rings. The van der Waals surface area contributed by atoms with Crippen molar-refractivity contribution in [2.45, 2.75) is 25.4 Å². The highest BCUT2D eigenvalue weighted by atomic mass is 16.5. The number of hydrogen-bond acceptors (Lipinski definition) is 4. The van der Waals surface area contributed by atoms with E-state index in [0.29, 0.717) is 0 Å². The number of carboxylic acid groups (broad SMARTS) is 1. The Morgan fingerprint density at radius 3 is 2.53 bits per heavy atom. The van der Waals surface area contributed by atoms with Crippen LogP contribution in [0.2, 0.25) is 0 Å². The lowest BCUT2D eigenvalue weighted by atomic mass is 10.2. The van der Waals surface area contributed by atoms with Gasteiger partial charge in [0, 0.05) is 20.2 Å². The van der Waals surface area contributed by atoms with Crippen LogP contribution in [0.25, 0.3) is 0 Å². The van der Waals surface area contributed by atoms with E-state index in [2.05, 4.69) is 10.7 Å². The van der Waals surface area contributed by atoms with E-state index in [1.807, 2.05) is 5.01 Å². The molecular formula is C10H19N3O4. The van der Waals surface area contributed by atoms with Crippen molar-refractivity contribution in [3.63, 3.8) is 0 Å². The van der Waals surface area contributed by atoms with E-state index in [4.69, 9.17) is 9.84 Å². The SMILES string of the molecule is COC(CNC(=O)NN1CCCCC1)C(=O)O. The van der Waals surface area contributed by atoms with Gasteiger partial charge in [0.15, 0.2) is 6.10 Å². The van der Waals surface area contributed by atoms with Crippen molar-refractivity contribution in [2.24, 2.45) is 0 Å². The third-order valence-corrected chi connectivity index (χ3v) is 2.62. The number of piperidine rings is 1. The highest BCUT2D eigenvalue weighted by Gasteiger charge is 2.18. The van der Waals surface area contributed by atoms with Crippen LogP contribution in [0, 0.1) is 0 Å². The number of hydrogen-bond donors (Lipinski definition) is 3. The number of amides is 2. The number of aliphatic carboxylic acids is 1. The Balaban J connectivity index is 2.21. The lowest BCUT2D eigenvalue weighted by Crippen LogP contribution is -2.51. The molecule has 7 nitrogen and oxygen atoms in total. The molecule has 1 aliphatic rings. The molecule has 7 heteroatoms. The van der Waals surface area contributed by atoms with Crippen molar-refractivity contribution in [3.8, 4) is 0 Å². The maximum Gasteiger partial charge on any atom is 0.334 e. The Labute approximate surface area is 100 Å². The molecule has 1 aliphatic heterocycles. The standard InChI is InChI=1S/C10H19N3O4/c1-17-8(9(14)15)7-11-10(16)12-13-5-3-2-4-6-13/h8H,2-7H2,1H3,(H,14,15)(H2,11,12,16). The topological polar surface area (TPSA) is 90.9 Å². The number of carboxylic acids is 1. The van der Waals surface area contributed by atoms with Crippen LogP contribution in [0.1, 0.15) is 19.3 Å². The zero-order valence-corrected chi connectivity index (χ0v) is 9.94. The molecule has 17 heavy (non-hydrogen) atoms. The van der Waals surface area contributed by atoms with Crippen LogP contribution in [0.4, 0.5) is 4.79 Å². The van der Waals surface area contributed by atoms with Crippen molar-refractivity contribution in [2.75, 3.05) is 26.7 Å². The molecule has 0 aliphatic carbocycles. The van der Waals surface area contributed by atoms with E-state index < -0.39 is 18.1 Å². The Morgan fingerprint density at radius 1 is 1.35 bits per heavy atom. The average Bonchev–Trinajstić information content (AvgIpc) is 2.30. The molecule has 3 N–H and O–H groups in total. The first-order chi connectivity index (χ1) is 8.13. The zero-order valence-electron chi connectivity index (χ0n) is 9.94. The molecule has 1 saturated heterocycles. The van der Waals surface area contributed by atoms with Gasteiger partial charge in [0.2, 0.25) is 0 Å². The number of carbonyl (C=O) groups excluding carboxylic acids is 1. The summed E-state index contributed by atoms with van der Waals surface area (Å²) in [6.45, 7) is 1.62. The van der Waals surface area contributed by atoms with Crippen LogP contribution in [0.3, 0.4) is 0 Å². The van der Waals surface area contributed by atoms with Gasteiger partial charge in [-0.3, -0.25) is 5.43 Å². The van der Waals surface area contributed by atoms with E-state index in [0.717, 1.165) is 25.9 Å². The molecule has 98 valence electrons. The average molecular weight is 245 g/mol. The number of hydrazine groups is 1. The first-order valence-electron chi connectivity index (χ1n) is 5.68. The van der Waals surface area contributed by atoms with Crippen molar-refractivity contribution in [1.29, 1.82) is 0 Å². The van der Waals surface area contributed by atoms with Crippen LogP contribution in [-0.4, -0.2) is 55.0 Å². The van der Waals surface area contributed by atoms with Gasteiger partial charge in [-0.05, 0) is 12.8 Å². The van der Waals surface area contributed by atoms with Gasteiger partial charge in [-0.15, -0.1) is 0 Å². The van der Waals surface area contributed by atoms with Gasteiger partial charge in [-0.25, -0.2) is 14.6 Å². The van der Waals surface area contributed by atoms with Gasteiger partial charge in [0.1, 0.15) is 0 Å². The summed E-state index contributed by atoms with van der Waals surface area (Å²) < 4.78 is 4.70. The zero-order chi connectivity index (χ0) is 12.7. The molecule has 0 aromatic rings. The Hall–Kier alpha value is -1.34. The summed E-state index contributed by atoms with van der Waals surface area (Å²) in [4.78, 5) is 22.1. The predicted molar refractivity (Wildman–Crippen MR) is 60.4 cm³/mol. The fraction of sp³-hybridized carbons (Fsp3) is 0.800. The first kappa shape index (κ1) is 13.7. The van der Waals surface area contributed by atoms with Crippen molar-refractivity contribution in [3.05, 3.63) is 0 Å². The van der Waals surface area contributed by atoms with E-state index in [9.17, 15) is 9.59 Å². The number of ether oxygens (including phenoxy) is 1. The molecule has 0 aromatic heterocycles. The molecule has 1 atom stereocenters. The van der Waals surface area contributed by atoms with Crippen molar-refractivity contribution in [1.82, 2.24) is 15.8 Å². The van der Waals surface area contributed by atoms with Crippen LogP contribution in [0.15, 0.2) is 0 Å². The minimum atomic E-state index is -1.09. The maximum atomic E-state index is 11.4. The van der Waals surface area contributed by atoms with Crippen LogP contribution >= 0.6 is 0 Å². The number of nitrogens with zero attached hydrogens (tertiary/aromatic N) is 1. The number of methoxy groups -OCH3 is 1. The predicted octanol–water partition coefficient (Wildman–Crippen LogP) is -0.214. The molecule has 0 radical (unpaired) electrons. The van der Waals surface area contributed by atoms with E-state index in [1.165, 1.54) is 13.5 Å². The number of rotatable bonds is 5. The monoisotopic (exact) mass is 245 g/mol. The molecule has 0 spiro atoms. The van der Waals surface area contributed by atoms with Gasteiger partial charge in [-0.2, -0.15) is 0 Å². The number of urea groups is 1. The van der Waals surface area contributed by atoms with Gasteiger partial charge in [0.25, 0.3) is 0 Å². The molecule has 0 bridgehead atoms. The molecule has 0 saturated carbocycles. The third-order valence-electron chi connectivity index (χ3n) is 2.62. The quantitative estimate of drug-likeness (QED) is 0.623. The van der Waals surface area contributed by atoms with Gasteiger partial charge in [0.05, 0.1) is 6.54 Å². The Kier molecular flexibility index (Phi) is 5.71. The molecule has 0 aromatic carbocycles. The summed E-state index contributed by atoms with van der Waals surface area (Å²) >= 11 is 0. The molecular weight excluding hydrogens is 226 g/mol. The highest BCUT2D eigenvalue weighted by Crippen LogP contribution is 2.05. The van der Waals surface area contributed by atoms with Crippen LogP contribution in [0.5, 0.6) is 0 Å². The minimum Gasteiger partial charge on any atom is -0.479 e. The summed E-state index contributed by atoms with van der Waals surface area (Å²) in [6, 6.07) is -0.393. The lowest BCUT2D eigenvalue weighted by molar-refractivity contribution is -0.148. The summed E-state index contributed by atoms with van der Waals surface area (Å²) in [5, 5.41) is 13.0. The molecule has 1 heterocycles. The van der Waals surface area contributed by atoms with Crippen molar-refractivity contribution < 1.29 is 19.4 Å². The lowest BCUT2D eigenvalue weighted by Gasteiger charge is -2.27. The van der Waals surface area contributed by atoms with E-state index >= 15 is 0 Å². The fourth-order valence-corrected chi connectivity index (χ4v) is 1.65. The summed E-state index contributed by atoms with van der Waals surface area (Å²) in [5.74, 6) is -1.09. The van der Waals surface area contributed by atoms with E-state index in [-0.39, 0.29) is 6.54 Å². The maximum absolute atomic E-state index is 11.4. The second-order valence-corrected chi connectivity index (χ2v) is 3.93. The smallest absolute Gasteiger partial charge is 0.334 e. The van der Waals surface area contributed by atoms with E-state index in [1.54, 1.807) is 0 Å². The summed E-state index contributed by atoms with van der Waals surface area (Å²) in [6.07, 6.45) is 2.30. The second-order valence-electron chi connectivity index (χ2n) is 3.93. The summed E-state index contributed by atoms with van der Waals surface area (Å²) in [7, 11) is 1.29. The largest absolute Gasteiger partial charge is 0.479 e. The van der Waals surface area contributed by atoms with Crippen LogP contribution in [-0.2, 0) is 9.53 Å². The highest BCUT2D eigenvalue weighted by molar-refractivity contribution is 5.76. The molecule has 2 amide bonds. The van der Waals surface area contributed by atoms with Gasteiger partial charge in [-0.1, -0.05) is 6.42 Å². The molecule has 1 rings (SSSR count). The number of carbonyl (C=O) groups is 2. The van der Waals surface area contributed by atoms with Crippen LogP contribution < -0.4 is 10.7 Å². The minimum absolute atomic E-state index is 0.0501. The Bertz CT molecular complexity index is 266. The van der Waals surface area contributed by atoms with Crippen molar-refractivity contribution >= 4 is 12.0 Å². The third kappa shape index (κ3) is 5.01. The normalized spacial score (nSPS) is 18.4. The first-order valence-corrected chi connectivity index (χ1v) is 5.68. The second kappa shape index (κ2) is 7.08. The number of nitrogens with one attached hydrogen (secondary N) is 2. The fourth-order valence-electron chi connectivity index (χ4n) is 1.65. The summed E-state index contributed by atoms with van der Waals surface area (Å²) in [5.41, 5.74) is 2.67.